The number of rotatable bonds is 1. The molecule has 0 saturated carbocycles. The summed E-state index contributed by atoms with van der Waals surface area (Å²) in [7, 11) is -2.55. The molecule has 0 spiro atoms. The largest absolute Gasteiger partial charge is 0.387 e. The molecule has 1 aromatic heterocycles. The molecule has 3 heterocycles. The van der Waals surface area contributed by atoms with Gasteiger partial charge in [-0.25, -0.2) is 4.79 Å². The lowest BCUT2D eigenvalue weighted by Gasteiger charge is -2.25. The minimum absolute atomic E-state index is 0.126. The molecule has 19 heavy (non-hydrogen) atoms. The van der Waals surface area contributed by atoms with Crippen molar-refractivity contribution in [3.8, 4) is 0 Å². The van der Waals surface area contributed by atoms with Gasteiger partial charge in [0.25, 0.3) is 0 Å². The van der Waals surface area contributed by atoms with Gasteiger partial charge in [0.15, 0.2) is 0 Å². The van der Waals surface area contributed by atoms with Crippen LogP contribution in [-0.2, 0) is 13.6 Å². The van der Waals surface area contributed by atoms with E-state index in [4.69, 9.17) is 14.8 Å². The number of hydrogen-bond donors (Lipinski definition) is 2. The van der Waals surface area contributed by atoms with E-state index in [1.165, 1.54) is 28.6 Å². The Bertz CT molecular complexity index is 581. The number of nitrogens with two attached hydrogens (primary N) is 1. The van der Waals surface area contributed by atoms with E-state index in [0.717, 1.165) is 0 Å². The van der Waals surface area contributed by atoms with Gasteiger partial charge in [-0.3, -0.25) is 9.13 Å². The Kier molecular flexibility index (Phi) is 3.40. The van der Waals surface area contributed by atoms with E-state index in [9.17, 15) is 14.5 Å². The van der Waals surface area contributed by atoms with Crippen LogP contribution in [0.3, 0.4) is 0 Å². The van der Waals surface area contributed by atoms with E-state index in [0.29, 0.717) is 0 Å². The number of hydrogen-bond acceptors (Lipinski definition) is 8. The third kappa shape index (κ3) is 2.32. The Morgan fingerprint density at radius 1 is 1.63 bits per heavy atom. The predicted octanol–water partition coefficient (Wildman–Crippen LogP) is -0.395. The lowest BCUT2D eigenvalue weighted by Crippen LogP contribution is -2.38. The first-order valence-corrected chi connectivity index (χ1v) is 7.74. The first-order valence-electron chi connectivity index (χ1n) is 5.58. The molecular weight excluding hydrogens is 293 g/mol. The van der Waals surface area contributed by atoms with Gasteiger partial charge < -0.3 is 19.9 Å². The molecule has 0 aromatic carbocycles. The topological polar surface area (TPSA) is 117 Å². The molecule has 10 heteroatoms. The fourth-order valence-corrected chi connectivity index (χ4v) is 4.76. The van der Waals surface area contributed by atoms with Crippen molar-refractivity contribution in [1.82, 2.24) is 9.55 Å². The van der Waals surface area contributed by atoms with Gasteiger partial charge >= 0.3 is 13.9 Å². The molecular formula is C9H12N3O5PS. The molecule has 2 aliphatic heterocycles. The fraction of sp³-hybridized carbons (Fsp3) is 0.556. The molecule has 1 aromatic rings. The highest BCUT2D eigenvalue weighted by Crippen LogP contribution is 2.49. The molecule has 2 aliphatic rings. The lowest BCUT2D eigenvalue weighted by molar-refractivity contribution is 0.00361. The summed E-state index contributed by atoms with van der Waals surface area (Å²) in [6, 6.07) is 1.48. The van der Waals surface area contributed by atoms with Gasteiger partial charge in [-0.2, -0.15) is 4.98 Å². The van der Waals surface area contributed by atoms with Gasteiger partial charge in [-0.15, -0.1) is 11.8 Å². The number of fused-ring (bicyclic) bond motifs is 1. The maximum Gasteiger partial charge on any atom is 0.350 e. The van der Waals surface area contributed by atoms with Gasteiger partial charge in [0, 0.05) is 6.20 Å². The lowest BCUT2D eigenvalue weighted by atomic mass is 10.1. The van der Waals surface area contributed by atoms with E-state index in [1.807, 2.05) is 0 Å². The molecule has 1 unspecified atom stereocenters. The van der Waals surface area contributed by atoms with Crippen LogP contribution in [0.25, 0.3) is 0 Å². The zero-order valence-electron chi connectivity index (χ0n) is 9.63. The van der Waals surface area contributed by atoms with E-state index in [1.54, 1.807) is 0 Å². The van der Waals surface area contributed by atoms with Crippen molar-refractivity contribution < 1.29 is 18.7 Å². The third-order valence-corrected chi connectivity index (χ3v) is 5.44. The Balaban J connectivity index is 1.90. The molecule has 3 N–H and O–H groups in total. The van der Waals surface area contributed by atoms with Crippen LogP contribution < -0.4 is 11.4 Å². The van der Waals surface area contributed by atoms with Crippen LogP contribution in [0.2, 0.25) is 0 Å². The first kappa shape index (κ1) is 13.1. The van der Waals surface area contributed by atoms with Crippen LogP contribution in [0.4, 0.5) is 5.82 Å². The first-order chi connectivity index (χ1) is 9.06. The second-order valence-electron chi connectivity index (χ2n) is 4.24. The average molecular weight is 305 g/mol. The summed E-state index contributed by atoms with van der Waals surface area (Å²) in [5, 5.41) is 9.50. The molecule has 5 atom stereocenters. The van der Waals surface area contributed by atoms with E-state index >= 15 is 0 Å². The summed E-state index contributed by atoms with van der Waals surface area (Å²) in [4.78, 5) is 15.4. The van der Waals surface area contributed by atoms with Gasteiger partial charge in [0.1, 0.15) is 23.4 Å². The Labute approximate surface area is 112 Å². The van der Waals surface area contributed by atoms with Crippen molar-refractivity contribution in [2.75, 3.05) is 12.3 Å². The maximum atomic E-state index is 11.8. The molecule has 8 nitrogen and oxygen atoms in total. The summed E-state index contributed by atoms with van der Waals surface area (Å²) in [6.45, 7) is 0.234. The van der Waals surface area contributed by atoms with Crippen molar-refractivity contribution in [3.63, 3.8) is 0 Å². The second-order valence-corrected chi connectivity index (χ2v) is 6.63. The van der Waals surface area contributed by atoms with Gasteiger partial charge in [-0.1, -0.05) is 0 Å². The molecule has 2 fully saturated rings. The van der Waals surface area contributed by atoms with Gasteiger partial charge in [0.2, 0.25) is 0 Å². The van der Waals surface area contributed by atoms with Crippen molar-refractivity contribution in [3.05, 3.63) is 22.7 Å². The van der Waals surface area contributed by atoms with E-state index in [2.05, 4.69) is 4.98 Å². The van der Waals surface area contributed by atoms with Crippen LogP contribution in [0, 0.1) is 0 Å². The number of thioether (sulfide) groups is 1. The monoisotopic (exact) mass is 305 g/mol. The highest BCUT2D eigenvalue weighted by Gasteiger charge is 2.48. The number of nitrogen functional groups attached to an aromatic ring is 1. The SMILES string of the molecule is Nc1ccn([C@@H]2S[C@@H]3CO[PH](=O)O[C@H]3[C@@H]2O)c(=O)n1. The van der Waals surface area contributed by atoms with Crippen LogP contribution in [-0.4, -0.2) is 38.7 Å². The number of aliphatic hydroxyl groups is 1. The highest BCUT2D eigenvalue weighted by molar-refractivity contribution is 8.00. The minimum Gasteiger partial charge on any atom is -0.387 e. The van der Waals surface area contributed by atoms with Crippen LogP contribution >= 0.6 is 20.0 Å². The second kappa shape index (κ2) is 4.92. The third-order valence-electron chi connectivity index (χ3n) is 3.03. The number of nitrogens with zero attached hydrogens (tertiary/aromatic N) is 2. The van der Waals surface area contributed by atoms with E-state index in [-0.39, 0.29) is 17.7 Å². The molecule has 0 radical (unpaired) electrons. The average Bonchev–Trinajstić information content (AvgIpc) is 2.67. The highest BCUT2D eigenvalue weighted by atomic mass is 32.2. The molecule has 0 amide bonds. The Hall–Kier alpha value is -0.860. The van der Waals surface area contributed by atoms with Crippen LogP contribution in [0.15, 0.2) is 17.1 Å². The Morgan fingerprint density at radius 2 is 2.42 bits per heavy atom. The van der Waals surface area contributed by atoms with Crippen molar-refractivity contribution in [2.45, 2.75) is 22.8 Å². The molecule has 2 saturated heterocycles. The van der Waals surface area contributed by atoms with Crippen LogP contribution in [0.1, 0.15) is 5.37 Å². The smallest absolute Gasteiger partial charge is 0.350 e. The zero-order chi connectivity index (χ0) is 13.6. The standard InChI is InChI=1S/C9H12N3O5PS/c10-5-1-2-12(9(14)11-5)8-6(13)7-4(19-8)3-16-18(15)17-7/h1-2,4,6-8,13,18H,3H2,(H2,10,11,14)/t4-,6+,7-,8-/m1/s1. The number of aromatic nitrogens is 2. The summed E-state index contributed by atoms with van der Waals surface area (Å²) in [6.07, 6.45) is -0.0668. The maximum absolute atomic E-state index is 11.8. The number of anilines is 1. The predicted molar refractivity (Wildman–Crippen MR) is 69.2 cm³/mol. The molecule has 0 aliphatic carbocycles. The molecule has 3 rings (SSSR count). The number of aliphatic hydroxyl groups excluding tert-OH is 1. The van der Waals surface area contributed by atoms with Crippen molar-refractivity contribution >= 4 is 25.8 Å². The molecule has 0 bridgehead atoms. The summed E-state index contributed by atoms with van der Waals surface area (Å²) >= 11 is 1.34. The van der Waals surface area contributed by atoms with Gasteiger partial charge in [-0.05, 0) is 6.07 Å². The summed E-state index contributed by atoms with van der Waals surface area (Å²) in [5.41, 5.74) is 4.88. The van der Waals surface area contributed by atoms with Crippen molar-refractivity contribution in [2.24, 2.45) is 0 Å². The van der Waals surface area contributed by atoms with Crippen molar-refractivity contribution in [1.29, 1.82) is 0 Å². The van der Waals surface area contributed by atoms with Gasteiger partial charge in [0.05, 0.1) is 11.9 Å². The summed E-state index contributed by atoms with van der Waals surface area (Å²) < 4.78 is 22.6. The zero-order valence-corrected chi connectivity index (χ0v) is 11.4. The fourth-order valence-electron chi connectivity index (χ4n) is 2.14. The quantitative estimate of drug-likeness (QED) is 0.673. The Morgan fingerprint density at radius 3 is 3.16 bits per heavy atom. The van der Waals surface area contributed by atoms with E-state index < -0.39 is 31.5 Å². The summed E-state index contributed by atoms with van der Waals surface area (Å²) in [5.74, 6) is 0.126. The molecule has 104 valence electrons. The minimum atomic E-state index is -2.55. The van der Waals surface area contributed by atoms with Crippen LogP contribution in [0.5, 0.6) is 0 Å². The normalized spacial score (nSPS) is 38.1.